The fourth-order valence-electron chi connectivity index (χ4n) is 1.28. The van der Waals surface area contributed by atoms with Crippen LogP contribution in [0.1, 0.15) is 59.1 Å². The quantitative estimate of drug-likeness (QED) is 0.544. The molecule has 0 saturated heterocycles. The van der Waals surface area contributed by atoms with Crippen LogP contribution < -0.4 is 0 Å². The zero-order valence-electron chi connectivity index (χ0n) is 12.0. The first-order valence-electron chi connectivity index (χ1n) is 6.21. The summed E-state index contributed by atoms with van der Waals surface area (Å²) in [5.74, 6) is -0.310. The van der Waals surface area contributed by atoms with E-state index in [0.717, 1.165) is 11.1 Å². The second kappa shape index (κ2) is 12.6. The third-order valence-electron chi connectivity index (χ3n) is 2.13. The molecule has 0 aliphatic heterocycles. The summed E-state index contributed by atoms with van der Waals surface area (Å²) in [7, 11) is 0. The number of nitriles is 1. The highest BCUT2D eigenvalue weighted by Crippen LogP contribution is 2.23. The lowest BCUT2D eigenvalue weighted by atomic mass is 9.97. The van der Waals surface area contributed by atoms with Crippen molar-refractivity contribution in [3.05, 3.63) is 39.4 Å². The van der Waals surface area contributed by atoms with Crippen LogP contribution in [0.2, 0.25) is 0 Å². The Hall–Kier alpha value is -1.89. The van der Waals surface area contributed by atoms with Gasteiger partial charge in [0.15, 0.2) is 0 Å². The van der Waals surface area contributed by atoms with E-state index in [1.165, 1.54) is 12.1 Å². The predicted molar refractivity (Wildman–Crippen MR) is 81.3 cm³/mol. The zero-order chi connectivity index (χ0) is 14.7. The Kier molecular flexibility index (Phi) is 14.7. The van der Waals surface area contributed by atoms with Crippen LogP contribution in [0.4, 0.5) is 5.69 Å². The van der Waals surface area contributed by atoms with Gasteiger partial charge < -0.3 is 0 Å². The summed E-state index contributed by atoms with van der Waals surface area (Å²) in [6, 6.07) is 6.64. The maximum atomic E-state index is 10.5. The third-order valence-corrected chi connectivity index (χ3v) is 2.13. The van der Waals surface area contributed by atoms with E-state index in [0.29, 0.717) is 0 Å². The highest BCUT2D eigenvalue weighted by Gasteiger charge is 2.12. The monoisotopic (exact) mass is 266 g/mol. The van der Waals surface area contributed by atoms with Crippen LogP contribution in [-0.2, 0) is 0 Å². The van der Waals surface area contributed by atoms with Crippen molar-refractivity contribution in [1.29, 1.82) is 5.26 Å². The van der Waals surface area contributed by atoms with E-state index in [1.54, 1.807) is 13.0 Å². The van der Waals surface area contributed by atoms with Crippen LogP contribution >= 0.6 is 0 Å². The standard InChI is InChI=1S/C10H10N2O2.2C2H6.CH4/c1-7-3-4-9(12(13)14)5-10(7)8(2)6-11;2*1-2;/h3-5,8H,1-2H3;2*1-2H3;1H4. The molecule has 1 unspecified atom stereocenters. The summed E-state index contributed by atoms with van der Waals surface area (Å²) in [5, 5.41) is 19.2. The number of nitro groups is 1. The lowest BCUT2D eigenvalue weighted by Crippen LogP contribution is -1.96. The Morgan fingerprint density at radius 1 is 1.26 bits per heavy atom. The minimum absolute atomic E-state index is 0. The maximum Gasteiger partial charge on any atom is 0.269 e. The van der Waals surface area contributed by atoms with Crippen LogP contribution in [0.15, 0.2) is 18.2 Å². The van der Waals surface area contributed by atoms with E-state index in [4.69, 9.17) is 5.26 Å². The Balaban J connectivity index is -0.000000467. The topological polar surface area (TPSA) is 66.9 Å². The van der Waals surface area contributed by atoms with Crippen molar-refractivity contribution in [2.75, 3.05) is 0 Å². The summed E-state index contributed by atoms with van der Waals surface area (Å²) in [4.78, 5) is 10.0. The number of aryl methyl sites for hydroxylation is 1. The van der Waals surface area contributed by atoms with E-state index in [1.807, 2.05) is 34.6 Å². The first-order valence-corrected chi connectivity index (χ1v) is 6.21. The van der Waals surface area contributed by atoms with Crippen LogP contribution in [0.5, 0.6) is 0 Å². The van der Waals surface area contributed by atoms with Gasteiger partial charge in [0.25, 0.3) is 5.69 Å². The molecular weight excluding hydrogens is 240 g/mol. The van der Waals surface area contributed by atoms with Crippen molar-refractivity contribution in [2.45, 2.75) is 54.9 Å². The second-order valence-corrected chi connectivity index (χ2v) is 3.15. The number of non-ortho nitro benzene ring substituents is 1. The third kappa shape index (κ3) is 7.20. The summed E-state index contributed by atoms with van der Waals surface area (Å²) in [5.41, 5.74) is 1.67. The van der Waals surface area contributed by atoms with Crippen molar-refractivity contribution in [1.82, 2.24) is 0 Å². The molecule has 0 spiro atoms. The molecule has 1 rings (SSSR count). The molecule has 0 aliphatic rings. The van der Waals surface area contributed by atoms with E-state index in [2.05, 4.69) is 6.07 Å². The zero-order valence-corrected chi connectivity index (χ0v) is 12.0. The SMILES string of the molecule is C.CC.CC.Cc1ccc([N+](=O)[O-])cc1C(C)C#N. The molecule has 0 saturated carbocycles. The van der Waals surface area contributed by atoms with Crippen molar-refractivity contribution >= 4 is 5.69 Å². The highest BCUT2D eigenvalue weighted by atomic mass is 16.6. The van der Waals surface area contributed by atoms with Crippen LogP contribution in [0.3, 0.4) is 0 Å². The Morgan fingerprint density at radius 3 is 2.11 bits per heavy atom. The van der Waals surface area contributed by atoms with Gasteiger partial charge in [0.2, 0.25) is 0 Å². The number of benzene rings is 1. The normalized spacial score (nSPS) is 9.32. The summed E-state index contributed by atoms with van der Waals surface area (Å²) in [6.07, 6.45) is 0. The van der Waals surface area contributed by atoms with Gasteiger partial charge in [-0.25, -0.2) is 0 Å². The largest absolute Gasteiger partial charge is 0.269 e. The minimum Gasteiger partial charge on any atom is -0.258 e. The van der Waals surface area contributed by atoms with Gasteiger partial charge in [-0.2, -0.15) is 5.26 Å². The van der Waals surface area contributed by atoms with Gasteiger partial charge in [0, 0.05) is 12.1 Å². The van der Waals surface area contributed by atoms with Gasteiger partial charge >= 0.3 is 0 Å². The van der Waals surface area contributed by atoms with Crippen molar-refractivity contribution in [3.63, 3.8) is 0 Å². The van der Waals surface area contributed by atoms with Crippen LogP contribution in [0.25, 0.3) is 0 Å². The van der Waals surface area contributed by atoms with Crippen LogP contribution in [-0.4, -0.2) is 4.92 Å². The molecule has 0 bridgehead atoms. The first-order chi connectivity index (χ1) is 8.56. The molecule has 0 radical (unpaired) electrons. The lowest BCUT2D eigenvalue weighted by Gasteiger charge is -2.06. The molecule has 0 aromatic heterocycles. The molecule has 19 heavy (non-hydrogen) atoms. The van der Waals surface area contributed by atoms with Gasteiger partial charge in [-0.1, -0.05) is 41.2 Å². The molecule has 4 heteroatoms. The molecule has 0 aliphatic carbocycles. The fourth-order valence-corrected chi connectivity index (χ4v) is 1.28. The highest BCUT2D eigenvalue weighted by molar-refractivity contribution is 5.42. The van der Waals surface area contributed by atoms with Crippen molar-refractivity contribution < 1.29 is 4.92 Å². The lowest BCUT2D eigenvalue weighted by molar-refractivity contribution is -0.384. The maximum absolute atomic E-state index is 10.5. The van der Waals surface area contributed by atoms with Gasteiger partial charge in [0.05, 0.1) is 16.9 Å². The number of hydrogen-bond donors (Lipinski definition) is 0. The summed E-state index contributed by atoms with van der Waals surface area (Å²) < 4.78 is 0. The van der Waals surface area contributed by atoms with Gasteiger partial charge in [-0.15, -0.1) is 0 Å². The molecule has 0 heterocycles. The number of hydrogen-bond acceptors (Lipinski definition) is 3. The fraction of sp³-hybridized carbons (Fsp3) is 0.533. The van der Waals surface area contributed by atoms with E-state index >= 15 is 0 Å². The number of rotatable bonds is 2. The molecule has 1 aromatic carbocycles. The van der Waals surface area contributed by atoms with Crippen molar-refractivity contribution in [2.24, 2.45) is 0 Å². The minimum atomic E-state index is -0.451. The molecule has 1 atom stereocenters. The second-order valence-electron chi connectivity index (χ2n) is 3.15. The Bertz CT molecular complexity index is 409. The Labute approximate surface area is 117 Å². The van der Waals surface area contributed by atoms with Gasteiger partial charge in [0.1, 0.15) is 0 Å². The van der Waals surface area contributed by atoms with Crippen molar-refractivity contribution in [3.8, 4) is 6.07 Å². The molecule has 0 amide bonds. The predicted octanol–water partition coefficient (Wildman–Crippen LogP) is 5.22. The number of nitrogens with zero attached hydrogens (tertiary/aromatic N) is 2. The number of nitro benzene ring substituents is 1. The molecule has 4 nitrogen and oxygen atoms in total. The smallest absolute Gasteiger partial charge is 0.258 e. The van der Waals surface area contributed by atoms with E-state index < -0.39 is 4.92 Å². The average Bonchev–Trinajstić information content (AvgIpc) is 2.42. The van der Waals surface area contributed by atoms with E-state index in [-0.39, 0.29) is 19.0 Å². The summed E-state index contributed by atoms with van der Waals surface area (Å²) in [6.45, 7) is 11.6. The van der Waals surface area contributed by atoms with Crippen LogP contribution in [0, 0.1) is 28.4 Å². The Morgan fingerprint density at radius 2 is 1.74 bits per heavy atom. The van der Waals surface area contributed by atoms with Gasteiger partial charge in [-0.3, -0.25) is 10.1 Å². The molecule has 0 N–H and O–H groups in total. The molecule has 108 valence electrons. The van der Waals surface area contributed by atoms with E-state index in [9.17, 15) is 10.1 Å². The summed E-state index contributed by atoms with van der Waals surface area (Å²) >= 11 is 0. The average molecular weight is 266 g/mol. The molecular formula is C15H26N2O2. The molecule has 0 fully saturated rings. The first kappa shape index (κ1) is 22.3. The van der Waals surface area contributed by atoms with Gasteiger partial charge in [-0.05, 0) is 25.0 Å². The molecule has 1 aromatic rings.